The van der Waals surface area contributed by atoms with Gasteiger partial charge in [0.15, 0.2) is 0 Å². The Morgan fingerprint density at radius 2 is 2.04 bits per heavy atom. The number of hydrogen-bond donors (Lipinski definition) is 0. The molecule has 124 valence electrons. The van der Waals surface area contributed by atoms with Crippen molar-refractivity contribution in [1.82, 2.24) is 4.90 Å². The first-order chi connectivity index (χ1) is 11.6. The van der Waals surface area contributed by atoms with Crippen LogP contribution in [0.4, 0.5) is 4.79 Å². The molecule has 0 N–H and O–H groups in total. The maximum atomic E-state index is 12.4. The first kappa shape index (κ1) is 17.1. The van der Waals surface area contributed by atoms with Crippen molar-refractivity contribution >= 4 is 51.9 Å². The summed E-state index contributed by atoms with van der Waals surface area (Å²) in [7, 11) is 0. The van der Waals surface area contributed by atoms with E-state index in [1.807, 2.05) is 30.5 Å². The lowest BCUT2D eigenvalue weighted by molar-refractivity contribution is -0.123. The number of thioether (sulfide) groups is 1. The number of ether oxygens (including phenoxy) is 1. The second kappa shape index (κ2) is 7.42. The van der Waals surface area contributed by atoms with E-state index in [1.54, 1.807) is 29.5 Å². The largest absolute Gasteiger partial charge is 0.490 e. The third-order valence-electron chi connectivity index (χ3n) is 3.45. The normalized spacial score (nSPS) is 16.2. The average Bonchev–Trinajstić information content (AvgIpc) is 3.07. The van der Waals surface area contributed by atoms with E-state index in [1.165, 1.54) is 4.90 Å². The van der Waals surface area contributed by atoms with Crippen LogP contribution in [0.15, 0.2) is 40.6 Å². The second-order valence-corrected chi connectivity index (χ2v) is 7.43. The van der Waals surface area contributed by atoms with Gasteiger partial charge in [0.2, 0.25) is 0 Å². The van der Waals surface area contributed by atoms with Gasteiger partial charge in [-0.1, -0.05) is 23.7 Å². The summed E-state index contributed by atoms with van der Waals surface area (Å²) in [6.07, 6.45) is 1.78. The van der Waals surface area contributed by atoms with Crippen LogP contribution in [0.25, 0.3) is 6.08 Å². The number of hydrogen-bond acceptors (Lipinski definition) is 5. The van der Waals surface area contributed by atoms with Gasteiger partial charge in [0.05, 0.1) is 16.5 Å². The van der Waals surface area contributed by atoms with Crippen molar-refractivity contribution in [2.45, 2.75) is 6.92 Å². The smallest absolute Gasteiger partial charge is 0.293 e. The SMILES string of the molecule is Cc1ccsc1/C=C1\SC(=O)N(CCOc2ccccc2Cl)C1=O. The average molecular weight is 380 g/mol. The standard InChI is InChI=1S/C17H14ClNO3S2/c1-11-6-9-23-14(11)10-15-16(20)19(17(21)24-15)7-8-22-13-5-3-2-4-12(13)18/h2-6,9-10H,7-8H2,1H3/b15-10-. The number of rotatable bonds is 5. The van der Waals surface area contributed by atoms with E-state index in [9.17, 15) is 9.59 Å². The van der Waals surface area contributed by atoms with Crippen molar-refractivity contribution in [2.75, 3.05) is 13.2 Å². The molecule has 24 heavy (non-hydrogen) atoms. The Balaban J connectivity index is 1.64. The van der Waals surface area contributed by atoms with Crippen LogP contribution in [0.2, 0.25) is 5.02 Å². The van der Waals surface area contributed by atoms with Gasteiger partial charge in [-0.25, -0.2) is 0 Å². The van der Waals surface area contributed by atoms with Crippen LogP contribution in [0.3, 0.4) is 0 Å². The third-order valence-corrected chi connectivity index (χ3v) is 5.63. The number of carbonyl (C=O) groups excluding carboxylic acids is 2. The van der Waals surface area contributed by atoms with Crippen LogP contribution in [0, 0.1) is 6.92 Å². The highest BCUT2D eigenvalue weighted by atomic mass is 35.5. The predicted octanol–water partition coefficient (Wildman–Crippen LogP) is 4.83. The molecule has 1 aromatic carbocycles. The molecule has 0 saturated carbocycles. The van der Waals surface area contributed by atoms with Crippen LogP contribution >= 0.6 is 34.7 Å². The van der Waals surface area contributed by atoms with Crippen LogP contribution in [0.5, 0.6) is 5.75 Å². The van der Waals surface area contributed by atoms with Crippen LogP contribution in [0.1, 0.15) is 10.4 Å². The molecule has 0 aliphatic carbocycles. The minimum atomic E-state index is -0.277. The molecule has 1 aliphatic heterocycles. The van der Waals surface area contributed by atoms with Crippen molar-refractivity contribution in [2.24, 2.45) is 0 Å². The maximum Gasteiger partial charge on any atom is 0.293 e. The second-order valence-electron chi connectivity index (χ2n) is 5.08. The number of benzene rings is 1. The van der Waals surface area contributed by atoms with Gasteiger partial charge in [-0.05, 0) is 53.9 Å². The van der Waals surface area contributed by atoms with E-state index in [2.05, 4.69) is 0 Å². The van der Waals surface area contributed by atoms with E-state index in [0.29, 0.717) is 15.7 Å². The summed E-state index contributed by atoms with van der Waals surface area (Å²) in [5.74, 6) is 0.261. The molecule has 0 radical (unpaired) electrons. The molecule has 0 atom stereocenters. The lowest BCUT2D eigenvalue weighted by Crippen LogP contribution is -2.32. The van der Waals surface area contributed by atoms with Gasteiger partial charge >= 0.3 is 0 Å². The Hall–Kier alpha value is -1.76. The van der Waals surface area contributed by atoms with E-state index in [4.69, 9.17) is 16.3 Å². The van der Waals surface area contributed by atoms with Gasteiger partial charge in [0, 0.05) is 4.88 Å². The Labute approximate surface area is 153 Å². The Morgan fingerprint density at radius 3 is 2.75 bits per heavy atom. The zero-order chi connectivity index (χ0) is 17.1. The number of imide groups is 1. The number of halogens is 1. The molecule has 2 heterocycles. The molecule has 2 amide bonds. The molecular formula is C17H14ClNO3S2. The zero-order valence-electron chi connectivity index (χ0n) is 12.8. The van der Waals surface area contributed by atoms with Crippen LogP contribution < -0.4 is 4.74 Å². The van der Waals surface area contributed by atoms with Crippen molar-refractivity contribution in [3.05, 3.63) is 56.1 Å². The quantitative estimate of drug-likeness (QED) is 0.698. The number of amides is 2. The van der Waals surface area contributed by atoms with E-state index >= 15 is 0 Å². The highest BCUT2D eigenvalue weighted by Crippen LogP contribution is 2.33. The van der Waals surface area contributed by atoms with Gasteiger partial charge in [-0.15, -0.1) is 11.3 Å². The Kier molecular flexibility index (Phi) is 5.28. The Bertz CT molecular complexity index is 816. The molecule has 4 nitrogen and oxygen atoms in total. The fourth-order valence-electron chi connectivity index (χ4n) is 2.15. The van der Waals surface area contributed by atoms with Crippen molar-refractivity contribution in [3.63, 3.8) is 0 Å². The topological polar surface area (TPSA) is 46.6 Å². The predicted molar refractivity (Wildman–Crippen MR) is 98.7 cm³/mol. The molecule has 1 fully saturated rings. The van der Waals surface area contributed by atoms with Crippen molar-refractivity contribution < 1.29 is 14.3 Å². The minimum absolute atomic E-state index is 0.191. The monoisotopic (exact) mass is 379 g/mol. The van der Waals surface area contributed by atoms with Gasteiger partial charge < -0.3 is 4.74 Å². The zero-order valence-corrected chi connectivity index (χ0v) is 15.2. The molecule has 1 aliphatic rings. The molecule has 0 spiro atoms. The maximum absolute atomic E-state index is 12.4. The summed E-state index contributed by atoms with van der Waals surface area (Å²) in [4.78, 5) is 27.1. The number of para-hydroxylation sites is 1. The number of nitrogens with zero attached hydrogens (tertiary/aromatic N) is 1. The molecule has 7 heteroatoms. The first-order valence-electron chi connectivity index (χ1n) is 7.23. The lowest BCUT2D eigenvalue weighted by Gasteiger charge is -2.13. The first-order valence-corrected chi connectivity index (χ1v) is 9.30. The lowest BCUT2D eigenvalue weighted by atomic mass is 10.2. The third kappa shape index (κ3) is 3.66. The summed E-state index contributed by atoms with van der Waals surface area (Å²) in [6, 6.07) is 9.08. The van der Waals surface area contributed by atoms with Gasteiger partial charge in [0.1, 0.15) is 12.4 Å². The highest BCUT2D eigenvalue weighted by Gasteiger charge is 2.35. The summed E-state index contributed by atoms with van der Waals surface area (Å²) in [6.45, 7) is 2.37. The van der Waals surface area contributed by atoms with Gasteiger partial charge in [-0.3, -0.25) is 14.5 Å². The number of aryl methyl sites for hydroxylation is 1. The van der Waals surface area contributed by atoms with Crippen LogP contribution in [-0.4, -0.2) is 29.2 Å². The molecule has 0 unspecified atom stereocenters. The van der Waals surface area contributed by atoms with Gasteiger partial charge in [0.25, 0.3) is 11.1 Å². The molecule has 1 aromatic heterocycles. The molecule has 0 bridgehead atoms. The summed E-state index contributed by atoms with van der Waals surface area (Å²) >= 11 is 8.52. The number of carbonyl (C=O) groups is 2. The molecule has 3 rings (SSSR count). The highest BCUT2D eigenvalue weighted by molar-refractivity contribution is 8.18. The Morgan fingerprint density at radius 1 is 1.25 bits per heavy atom. The van der Waals surface area contributed by atoms with Gasteiger partial charge in [-0.2, -0.15) is 0 Å². The summed E-state index contributed by atoms with van der Waals surface area (Å²) in [5, 5.41) is 2.19. The minimum Gasteiger partial charge on any atom is -0.490 e. The van der Waals surface area contributed by atoms with E-state index < -0.39 is 0 Å². The number of thiophene rings is 1. The summed E-state index contributed by atoms with van der Waals surface area (Å²) < 4.78 is 5.55. The molecule has 2 aromatic rings. The van der Waals surface area contributed by atoms with E-state index in [-0.39, 0.29) is 24.3 Å². The molecular weight excluding hydrogens is 366 g/mol. The fraction of sp³-hybridized carbons (Fsp3) is 0.176. The molecule has 1 saturated heterocycles. The fourth-order valence-corrected chi connectivity index (χ4v) is 4.12. The summed E-state index contributed by atoms with van der Waals surface area (Å²) in [5.41, 5.74) is 1.09. The van der Waals surface area contributed by atoms with E-state index in [0.717, 1.165) is 22.2 Å². The van der Waals surface area contributed by atoms with Crippen molar-refractivity contribution in [3.8, 4) is 5.75 Å². The van der Waals surface area contributed by atoms with Crippen molar-refractivity contribution in [1.29, 1.82) is 0 Å². The van der Waals surface area contributed by atoms with Crippen LogP contribution in [-0.2, 0) is 4.79 Å².